The number of hydrogen-bond acceptors (Lipinski definition) is 3. The second-order valence-electron chi connectivity index (χ2n) is 4.98. The largest absolute Gasteiger partial charge is 0.491 e. The highest BCUT2D eigenvalue weighted by Crippen LogP contribution is 2.28. The van der Waals surface area contributed by atoms with Crippen LogP contribution in [-0.4, -0.2) is 6.10 Å². The van der Waals surface area contributed by atoms with E-state index in [2.05, 4.69) is 5.43 Å². The lowest BCUT2D eigenvalue weighted by Crippen LogP contribution is -2.29. The zero-order valence-corrected chi connectivity index (χ0v) is 12.7. The molecule has 0 aliphatic carbocycles. The molecule has 0 aromatic heterocycles. The molecule has 1 unspecified atom stereocenters. The van der Waals surface area contributed by atoms with Crippen molar-refractivity contribution in [1.29, 1.82) is 0 Å². The normalized spacial score (nSPS) is 12.5. The van der Waals surface area contributed by atoms with E-state index in [-0.39, 0.29) is 11.1 Å². The van der Waals surface area contributed by atoms with Crippen LogP contribution in [0.25, 0.3) is 0 Å². The van der Waals surface area contributed by atoms with Crippen LogP contribution < -0.4 is 16.0 Å². The van der Waals surface area contributed by atoms with Crippen molar-refractivity contribution in [3.63, 3.8) is 0 Å². The Kier molecular flexibility index (Phi) is 5.17. The zero-order valence-electron chi connectivity index (χ0n) is 11.9. The molecule has 0 bridgehead atoms. The summed E-state index contributed by atoms with van der Waals surface area (Å²) in [5.74, 6) is 5.88. The van der Waals surface area contributed by atoms with Crippen molar-refractivity contribution >= 4 is 11.6 Å². The lowest BCUT2D eigenvalue weighted by Gasteiger charge is -2.19. The van der Waals surface area contributed by atoms with Crippen LogP contribution in [0.15, 0.2) is 42.5 Å². The second-order valence-corrected chi connectivity index (χ2v) is 5.39. The summed E-state index contributed by atoms with van der Waals surface area (Å²) in [6.07, 6.45) is 0.102. The summed E-state index contributed by atoms with van der Waals surface area (Å²) in [6, 6.07) is 11.8. The first-order valence-electron chi connectivity index (χ1n) is 6.69. The molecule has 0 radical (unpaired) electrons. The molecule has 0 heterocycles. The van der Waals surface area contributed by atoms with Crippen molar-refractivity contribution in [3.05, 3.63) is 64.4 Å². The summed E-state index contributed by atoms with van der Waals surface area (Å²) >= 11 is 5.82. The summed E-state index contributed by atoms with van der Waals surface area (Å²) in [7, 11) is 0. The maximum absolute atomic E-state index is 14.1. The van der Waals surface area contributed by atoms with Crippen LogP contribution in [0.5, 0.6) is 5.75 Å². The number of hydrogen-bond donors (Lipinski definition) is 2. The van der Waals surface area contributed by atoms with E-state index in [9.17, 15) is 4.39 Å². The van der Waals surface area contributed by atoms with Gasteiger partial charge in [-0.1, -0.05) is 35.9 Å². The molecule has 0 saturated carbocycles. The van der Waals surface area contributed by atoms with E-state index in [4.69, 9.17) is 22.2 Å². The summed E-state index contributed by atoms with van der Waals surface area (Å²) in [5.41, 5.74) is 3.86. The van der Waals surface area contributed by atoms with Gasteiger partial charge in [0.25, 0.3) is 0 Å². The van der Waals surface area contributed by atoms with E-state index in [0.29, 0.717) is 5.56 Å². The van der Waals surface area contributed by atoms with Crippen molar-refractivity contribution in [1.82, 2.24) is 5.43 Å². The van der Waals surface area contributed by atoms with Gasteiger partial charge in [0.2, 0.25) is 0 Å². The van der Waals surface area contributed by atoms with E-state index in [1.54, 1.807) is 12.1 Å². The minimum atomic E-state index is -0.475. The molecule has 21 heavy (non-hydrogen) atoms. The van der Waals surface area contributed by atoms with Gasteiger partial charge in [-0.2, -0.15) is 0 Å². The third-order valence-corrected chi connectivity index (χ3v) is 3.34. The zero-order chi connectivity index (χ0) is 15.4. The fraction of sp³-hybridized carbons (Fsp3) is 0.250. The Morgan fingerprint density at radius 2 is 1.81 bits per heavy atom. The third-order valence-electron chi connectivity index (χ3n) is 3.04. The fourth-order valence-corrected chi connectivity index (χ4v) is 2.30. The second kappa shape index (κ2) is 6.89. The average Bonchev–Trinajstić information content (AvgIpc) is 2.45. The molecule has 3 N–H and O–H groups in total. The SMILES string of the molecule is CC(C)Oc1ccc(C(NN)c2cccc(Cl)c2F)cc1. The van der Waals surface area contributed by atoms with Gasteiger partial charge >= 0.3 is 0 Å². The van der Waals surface area contributed by atoms with E-state index < -0.39 is 11.9 Å². The highest BCUT2D eigenvalue weighted by atomic mass is 35.5. The van der Waals surface area contributed by atoms with Crippen molar-refractivity contribution < 1.29 is 9.13 Å². The molecule has 0 aliphatic rings. The Bertz CT molecular complexity index is 602. The first kappa shape index (κ1) is 15.8. The quantitative estimate of drug-likeness (QED) is 0.652. The van der Waals surface area contributed by atoms with Gasteiger partial charge in [0, 0.05) is 5.56 Å². The van der Waals surface area contributed by atoms with E-state index >= 15 is 0 Å². The van der Waals surface area contributed by atoms with Crippen LogP contribution in [0.3, 0.4) is 0 Å². The fourth-order valence-electron chi connectivity index (χ4n) is 2.12. The summed E-state index contributed by atoms with van der Waals surface area (Å²) in [4.78, 5) is 0. The van der Waals surface area contributed by atoms with Crippen molar-refractivity contribution in [3.8, 4) is 5.75 Å². The van der Waals surface area contributed by atoms with Gasteiger partial charge in [0.05, 0.1) is 17.2 Å². The first-order valence-corrected chi connectivity index (χ1v) is 7.07. The molecule has 2 rings (SSSR count). The number of nitrogens with one attached hydrogen (secondary N) is 1. The minimum absolute atomic E-state index is 0.0764. The molecule has 2 aromatic rings. The van der Waals surface area contributed by atoms with Crippen molar-refractivity contribution in [2.75, 3.05) is 0 Å². The number of nitrogens with two attached hydrogens (primary N) is 1. The van der Waals surface area contributed by atoms with Crippen LogP contribution in [-0.2, 0) is 0 Å². The molecule has 3 nitrogen and oxygen atoms in total. The van der Waals surface area contributed by atoms with Gasteiger partial charge in [-0.3, -0.25) is 5.84 Å². The van der Waals surface area contributed by atoms with Crippen molar-refractivity contribution in [2.24, 2.45) is 5.84 Å². The molecule has 2 aromatic carbocycles. The maximum Gasteiger partial charge on any atom is 0.146 e. The molecular weight excluding hydrogens is 291 g/mol. The lowest BCUT2D eigenvalue weighted by molar-refractivity contribution is 0.242. The smallest absolute Gasteiger partial charge is 0.146 e. The Morgan fingerprint density at radius 3 is 2.38 bits per heavy atom. The molecule has 0 spiro atoms. The first-order chi connectivity index (χ1) is 10.0. The van der Waals surface area contributed by atoms with Crippen LogP contribution in [0.1, 0.15) is 31.0 Å². The molecule has 0 fully saturated rings. The van der Waals surface area contributed by atoms with Gasteiger partial charge in [0.1, 0.15) is 11.6 Å². The van der Waals surface area contributed by atoms with Crippen LogP contribution >= 0.6 is 11.6 Å². The van der Waals surface area contributed by atoms with Gasteiger partial charge in [-0.15, -0.1) is 0 Å². The van der Waals surface area contributed by atoms with Gasteiger partial charge < -0.3 is 4.74 Å². The molecule has 0 amide bonds. The van der Waals surface area contributed by atoms with Gasteiger partial charge in [-0.05, 0) is 37.6 Å². The van der Waals surface area contributed by atoms with Crippen LogP contribution in [0, 0.1) is 5.82 Å². The lowest BCUT2D eigenvalue weighted by atomic mass is 9.99. The monoisotopic (exact) mass is 308 g/mol. The third kappa shape index (κ3) is 3.73. The van der Waals surface area contributed by atoms with Crippen LogP contribution in [0.4, 0.5) is 4.39 Å². The Balaban J connectivity index is 2.31. The van der Waals surface area contributed by atoms with Crippen LogP contribution in [0.2, 0.25) is 5.02 Å². The highest BCUT2D eigenvalue weighted by Gasteiger charge is 2.18. The Morgan fingerprint density at radius 1 is 1.14 bits per heavy atom. The number of rotatable bonds is 5. The maximum atomic E-state index is 14.1. The summed E-state index contributed by atoms with van der Waals surface area (Å²) in [5, 5.41) is 0.0764. The molecule has 1 atom stereocenters. The van der Waals surface area contributed by atoms with E-state index in [0.717, 1.165) is 11.3 Å². The van der Waals surface area contributed by atoms with Crippen molar-refractivity contribution in [2.45, 2.75) is 26.0 Å². The number of hydrazine groups is 1. The highest BCUT2D eigenvalue weighted by molar-refractivity contribution is 6.30. The average molecular weight is 309 g/mol. The van der Waals surface area contributed by atoms with E-state index in [1.807, 2.05) is 38.1 Å². The number of halogens is 2. The number of ether oxygens (including phenoxy) is 1. The molecule has 0 aliphatic heterocycles. The minimum Gasteiger partial charge on any atom is -0.491 e. The standard InChI is InChI=1S/C16H18ClFN2O/c1-10(2)21-12-8-6-11(7-9-12)16(20-19)13-4-3-5-14(17)15(13)18/h3-10,16,20H,19H2,1-2H3. The molecule has 0 saturated heterocycles. The predicted octanol–water partition coefficient (Wildman–Crippen LogP) is 3.82. The topological polar surface area (TPSA) is 47.3 Å². The van der Waals surface area contributed by atoms with Gasteiger partial charge in [0.15, 0.2) is 0 Å². The molecule has 5 heteroatoms. The number of benzene rings is 2. The molecule has 112 valence electrons. The predicted molar refractivity (Wildman–Crippen MR) is 82.8 cm³/mol. The van der Waals surface area contributed by atoms with Gasteiger partial charge in [-0.25, -0.2) is 9.82 Å². The summed E-state index contributed by atoms with van der Waals surface area (Å²) in [6.45, 7) is 3.92. The Hall–Kier alpha value is -1.62. The van der Waals surface area contributed by atoms with E-state index in [1.165, 1.54) is 6.07 Å². The molecular formula is C16H18ClFN2O. The Labute approximate surface area is 128 Å². The summed E-state index contributed by atoms with van der Waals surface area (Å²) < 4.78 is 19.7.